The van der Waals surface area contributed by atoms with Gasteiger partial charge in [0.2, 0.25) is 0 Å². The summed E-state index contributed by atoms with van der Waals surface area (Å²) in [6, 6.07) is 20.2. The number of fused-ring (bicyclic) bond motifs is 2. The molecule has 6 rings (SSSR count). The van der Waals surface area contributed by atoms with E-state index in [2.05, 4.69) is 23.2 Å². The molecule has 0 spiro atoms. The van der Waals surface area contributed by atoms with Crippen molar-refractivity contribution in [3.63, 3.8) is 0 Å². The van der Waals surface area contributed by atoms with Crippen LogP contribution >= 0.6 is 0 Å². The summed E-state index contributed by atoms with van der Waals surface area (Å²) in [5.41, 5.74) is 2.51. The maximum absolute atomic E-state index is 11.9. The molecule has 0 saturated heterocycles. The SMILES string of the molecule is COc1cc(C=Cc2nc3n(n2)CCCC3(O)c2cccc3ccccc23)ccc1-n1cnc(C)c1. The summed E-state index contributed by atoms with van der Waals surface area (Å²) >= 11 is 0. The Morgan fingerprint density at radius 2 is 1.92 bits per heavy atom. The maximum atomic E-state index is 11.9. The number of benzene rings is 3. The second-order valence-corrected chi connectivity index (χ2v) is 9.19. The molecule has 3 aromatic carbocycles. The van der Waals surface area contributed by atoms with Gasteiger partial charge in [-0.15, -0.1) is 0 Å². The molecule has 180 valence electrons. The van der Waals surface area contributed by atoms with Crippen LogP contribution in [0.15, 0.2) is 73.2 Å². The van der Waals surface area contributed by atoms with Crippen molar-refractivity contribution in [2.75, 3.05) is 7.11 Å². The minimum atomic E-state index is -1.19. The third-order valence-electron chi connectivity index (χ3n) is 6.82. The molecular weight excluding hydrogens is 450 g/mol. The van der Waals surface area contributed by atoms with Gasteiger partial charge in [0.25, 0.3) is 0 Å². The van der Waals surface area contributed by atoms with Crippen molar-refractivity contribution < 1.29 is 9.84 Å². The monoisotopic (exact) mass is 477 g/mol. The van der Waals surface area contributed by atoms with Crippen molar-refractivity contribution in [2.45, 2.75) is 31.9 Å². The van der Waals surface area contributed by atoms with Gasteiger partial charge in [-0.3, -0.25) is 0 Å². The van der Waals surface area contributed by atoms with Gasteiger partial charge in [0.05, 0.1) is 24.8 Å². The number of aliphatic hydroxyl groups is 1. The van der Waals surface area contributed by atoms with Crippen LogP contribution in [0.25, 0.3) is 28.6 Å². The molecule has 0 amide bonds. The Labute approximate surface area is 209 Å². The molecule has 0 fully saturated rings. The first kappa shape index (κ1) is 22.2. The molecule has 1 N–H and O–H groups in total. The second-order valence-electron chi connectivity index (χ2n) is 9.19. The van der Waals surface area contributed by atoms with Crippen LogP contribution in [0.1, 0.15) is 41.3 Å². The number of hydrogen-bond donors (Lipinski definition) is 1. The molecule has 0 bridgehead atoms. The van der Waals surface area contributed by atoms with Crippen molar-refractivity contribution in [1.29, 1.82) is 0 Å². The van der Waals surface area contributed by atoms with E-state index in [0.29, 0.717) is 18.1 Å². The zero-order valence-electron chi connectivity index (χ0n) is 20.3. The summed E-state index contributed by atoms with van der Waals surface area (Å²) in [6.45, 7) is 2.69. The Kier molecular flexibility index (Phi) is 5.42. The van der Waals surface area contributed by atoms with E-state index in [1.54, 1.807) is 13.4 Å². The number of imidazole rings is 1. The fourth-order valence-corrected chi connectivity index (χ4v) is 5.06. The highest BCUT2D eigenvalue weighted by Crippen LogP contribution is 2.40. The Morgan fingerprint density at radius 3 is 2.75 bits per heavy atom. The molecule has 2 aromatic heterocycles. The average Bonchev–Trinajstić information content (AvgIpc) is 3.54. The summed E-state index contributed by atoms with van der Waals surface area (Å²) in [5.74, 6) is 1.91. The van der Waals surface area contributed by atoms with Crippen LogP contribution in [0.4, 0.5) is 0 Å². The lowest BCUT2D eigenvalue weighted by atomic mass is 9.83. The summed E-state index contributed by atoms with van der Waals surface area (Å²) in [5, 5.41) is 18.8. The van der Waals surface area contributed by atoms with Crippen LogP contribution in [0.2, 0.25) is 0 Å². The molecule has 1 unspecified atom stereocenters. The summed E-state index contributed by atoms with van der Waals surface area (Å²) < 4.78 is 9.42. The zero-order chi connectivity index (χ0) is 24.7. The lowest BCUT2D eigenvalue weighted by Gasteiger charge is -2.32. The van der Waals surface area contributed by atoms with Gasteiger partial charge < -0.3 is 14.4 Å². The van der Waals surface area contributed by atoms with Crippen LogP contribution in [0, 0.1) is 6.92 Å². The standard InChI is InChI=1S/C29H27N5O2/c1-20-18-33(19-30-20)25-13-11-21(17-26(25)36-2)12-14-27-31-28-29(35,15-6-16-34(28)32-27)24-10-5-8-22-7-3-4-9-23(22)24/h3-5,7-14,17-19,35H,6,15-16H2,1-2H3. The van der Waals surface area contributed by atoms with Gasteiger partial charge in [-0.1, -0.05) is 54.6 Å². The first-order valence-electron chi connectivity index (χ1n) is 12.1. The summed E-state index contributed by atoms with van der Waals surface area (Å²) in [6.07, 6.45) is 9.01. The molecule has 5 aromatic rings. The minimum absolute atomic E-state index is 0.568. The summed E-state index contributed by atoms with van der Waals surface area (Å²) in [7, 11) is 1.66. The highest BCUT2D eigenvalue weighted by atomic mass is 16.5. The number of nitrogens with zero attached hydrogens (tertiary/aromatic N) is 5. The number of methoxy groups -OCH3 is 1. The van der Waals surface area contributed by atoms with E-state index in [9.17, 15) is 5.11 Å². The van der Waals surface area contributed by atoms with Crippen LogP contribution < -0.4 is 4.74 Å². The summed E-state index contributed by atoms with van der Waals surface area (Å²) in [4.78, 5) is 9.09. The topological polar surface area (TPSA) is 78.0 Å². The van der Waals surface area contributed by atoms with E-state index in [1.807, 2.05) is 77.0 Å². The first-order chi connectivity index (χ1) is 17.5. The number of aromatic nitrogens is 5. The number of hydrogen-bond acceptors (Lipinski definition) is 5. The minimum Gasteiger partial charge on any atom is -0.495 e. The predicted octanol–water partition coefficient (Wildman–Crippen LogP) is 5.13. The van der Waals surface area contributed by atoms with E-state index in [1.165, 1.54) is 0 Å². The predicted molar refractivity (Wildman–Crippen MR) is 140 cm³/mol. The molecule has 3 heterocycles. The molecule has 1 aliphatic rings. The number of rotatable bonds is 5. The Hall–Kier alpha value is -4.23. The highest BCUT2D eigenvalue weighted by Gasteiger charge is 2.40. The Bertz CT molecular complexity index is 1590. The van der Waals surface area contributed by atoms with Crippen molar-refractivity contribution in [1.82, 2.24) is 24.3 Å². The molecule has 0 saturated carbocycles. The van der Waals surface area contributed by atoms with Gasteiger partial charge in [-0.25, -0.2) is 14.6 Å². The van der Waals surface area contributed by atoms with Gasteiger partial charge in [-0.05, 0) is 59.9 Å². The zero-order valence-corrected chi connectivity index (χ0v) is 20.3. The van der Waals surface area contributed by atoms with E-state index in [4.69, 9.17) is 14.8 Å². The molecule has 7 heteroatoms. The van der Waals surface area contributed by atoms with E-state index in [0.717, 1.165) is 52.0 Å². The smallest absolute Gasteiger partial charge is 0.174 e. The molecule has 36 heavy (non-hydrogen) atoms. The second kappa shape index (κ2) is 8.77. The largest absolute Gasteiger partial charge is 0.495 e. The first-order valence-corrected chi connectivity index (χ1v) is 12.1. The highest BCUT2D eigenvalue weighted by molar-refractivity contribution is 5.86. The van der Waals surface area contributed by atoms with E-state index in [-0.39, 0.29) is 0 Å². The quantitative estimate of drug-likeness (QED) is 0.380. The van der Waals surface area contributed by atoms with Crippen LogP contribution in [-0.2, 0) is 12.1 Å². The number of ether oxygens (including phenoxy) is 1. The van der Waals surface area contributed by atoms with Gasteiger partial charge in [0, 0.05) is 12.7 Å². The van der Waals surface area contributed by atoms with Crippen molar-refractivity contribution >= 4 is 22.9 Å². The Morgan fingerprint density at radius 1 is 1.06 bits per heavy atom. The fourth-order valence-electron chi connectivity index (χ4n) is 5.06. The van der Waals surface area contributed by atoms with Gasteiger partial charge in [0.15, 0.2) is 11.6 Å². The molecule has 0 aliphatic carbocycles. The van der Waals surface area contributed by atoms with Gasteiger partial charge in [-0.2, -0.15) is 5.10 Å². The molecule has 1 aliphatic heterocycles. The lowest BCUT2D eigenvalue weighted by Crippen LogP contribution is -2.35. The molecular formula is C29H27N5O2. The van der Waals surface area contributed by atoms with Gasteiger partial charge in [0.1, 0.15) is 11.4 Å². The fraction of sp³-hybridized carbons (Fsp3) is 0.207. The average molecular weight is 478 g/mol. The van der Waals surface area contributed by atoms with Gasteiger partial charge >= 0.3 is 0 Å². The van der Waals surface area contributed by atoms with Crippen molar-refractivity contribution in [3.8, 4) is 11.4 Å². The van der Waals surface area contributed by atoms with Crippen molar-refractivity contribution in [3.05, 3.63) is 102 Å². The number of aryl methyl sites for hydroxylation is 2. The van der Waals surface area contributed by atoms with Crippen LogP contribution in [-0.4, -0.2) is 36.5 Å². The molecule has 7 nitrogen and oxygen atoms in total. The van der Waals surface area contributed by atoms with E-state index < -0.39 is 5.60 Å². The van der Waals surface area contributed by atoms with Crippen LogP contribution in [0.3, 0.4) is 0 Å². The normalized spacial score (nSPS) is 17.5. The molecule has 0 radical (unpaired) electrons. The third kappa shape index (κ3) is 3.78. The molecule has 1 atom stereocenters. The Balaban J connectivity index is 1.33. The van der Waals surface area contributed by atoms with E-state index >= 15 is 0 Å². The van der Waals surface area contributed by atoms with Crippen LogP contribution in [0.5, 0.6) is 5.75 Å². The van der Waals surface area contributed by atoms with Crippen molar-refractivity contribution in [2.24, 2.45) is 0 Å². The third-order valence-corrected chi connectivity index (χ3v) is 6.82. The lowest BCUT2D eigenvalue weighted by molar-refractivity contribution is 0.0409. The maximum Gasteiger partial charge on any atom is 0.174 e.